The van der Waals surface area contributed by atoms with E-state index < -0.39 is 0 Å². The number of pyridine rings is 1. The second-order valence-electron chi connectivity index (χ2n) is 7.20. The van der Waals surface area contributed by atoms with Gasteiger partial charge in [-0.2, -0.15) is 0 Å². The van der Waals surface area contributed by atoms with Crippen LogP contribution in [0, 0.1) is 0 Å². The lowest BCUT2D eigenvalue weighted by molar-refractivity contribution is -0.123. The van der Waals surface area contributed by atoms with Crippen LogP contribution in [0.1, 0.15) is 23.1 Å². The maximum atomic E-state index is 12.6. The standard InChI is InChI=1S/C24H24N4O3/c25-24(20-9-11-21(12-10-20)30-16-18-5-3-13-26-15-18)27-31-17-23(29)28-14-4-7-19-6-1-2-8-22(19)28/h1-3,5-6,8-13,15H,4,7,14,16-17H2,(H2,25,27). The van der Waals surface area contributed by atoms with Crippen LogP contribution in [0.2, 0.25) is 0 Å². The van der Waals surface area contributed by atoms with Crippen LogP contribution in [0.4, 0.5) is 5.69 Å². The van der Waals surface area contributed by atoms with Crippen LogP contribution in [-0.4, -0.2) is 29.9 Å². The minimum Gasteiger partial charge on any atom is -0.489 e. The number of rotatable bonds is 7. The Kier molecular flexibility index (Phi) is 6.42. The number of para-hydroxylation sites is 1. The second kappa shape index (κ2) is 9.75. The molecule has 1 aromatic heterocycles. The Hall–Kier alpha value is -3.87. The summed E-state index contributed by atoms with van der Waals surface area (Å²) in [5.74, 6) is 0.772. The van der Waals surface area contributed by atoms with E-state index in [1.807, 2.05) is 42.5 Å². The molecule has 3 aromatic rings. The molecule has 158 valence electrons. The zero-order valence-corrected chi connectivity index (χ0v) is 17.1. The fourth-order valence-corrected chi connectivity index (χ4v) is 3.45. The van der Waals surface area contributed by atoms with Crippen LogP contribution in [0.3, 0.4) is 0 Å². The van der Waals surface area contributed by atoms with Crippen molar-refractivity contribution in [3.05, 3.63) is 89.7 Å². The molecule has 1 aliphatic heterocycles. The number of oxime groups is 1. The van der Waals surface area contributed by atoms with Crippen LogP contribution >= 0.6 is 0 Å². The van der Waals surface area contributed by atoms with Gasteiger partial charge in [-0.05, 0) is 54.8 Å². The molecule has 2 aromatic carbocycles. The summed E-state index contributed by atoms with van der Waals surface area (Å²) < 4.78 is 5.73. The lowest BCUT2D eigenvalue weighted by Crippen LogP contribution is -2.37. The molecule has 0 aliphatic carbocycles. The fourth-order valence-electron chi connectivity index (χ4n) is 3.45. The van der Waals surface area contributed by atoms with Crippen molar-refractivity contribution < 1.29 is 14.4 Å². The highest BCUT2D eigenvalue weighted by atomic mass is 16.6. The number of amidine groups is 1. The molecular weight excluding hydrogens is 392 g/mol. The van der Waals surface area contributed by atoms with E-state index in [4.69, 9.17) is 15.3 Å². The molecule has 0 fully saturated rings. The van der Waals surface area contributed by atoms with Crippen LogP contribution in [0.15, 0.2) is 78.2 Å². The SMILES string of the molecule is NC(=NOCC(=O)N1CCCc2ccccc21)c1ccc(OCc2cccnc2)cc1. The van der Waals surface area contributed by atoms with Gasteiger partial charge in [-0.25, -0.2) is 0 Å². The van der Waals surface area contributed by atoms with E-state index in [0.717, 1.165) is 24.1 Å². The number of aryl methyl sites for hydroxylation is 1. The molecule has 0 radical (unpaired) electrons. The molecule has 7 heteroatoms. The highest BCUT2D eigenvalue weighted by Gasteiger charge is 2.22. The number of aromatic nitrogens is 1. The number of carbonyl (C=O) groups excluding carboxylic acids is 1. The third-order valence-corrected chi connectivity index (χ3v) is 5.04. The number of ether oxygens (including phenoxy) is 1. The average Bonchev–Trinajstić information content (AvgIpc) is 2.83. The number of amides is 1. The molecule has 0 spiro atoms. The lowest BCUT2D eigenvalue weighted by atomic mass is 10.0. The number of carbonyl (C=O) groups is 1. The summed E-state index contributed by atoms with van der Waals surface area (Å²) in [6.07, 6.45) is 5.40. The molecule has 0 atom stereocenters. The van der Waals surface area contributed by atoms with Gasteiger partial charge >= 0.3 is 0 Å². The zero-order valence-electron chi connectivity index (χ0n) is 17.1. The molecule has 1 amide bonds. The molecule has 4 rings (SSSR count). The van der Waals surface area contributed by atoms with Crippen LogP contribution in [0.25, 0.3) is 0 Å². The monoisotopic (exact) mass is 416 g/mol. The molecule has 2 heterocycles. The second-order valence-corrected chi connectivity index (χ2v) is 7.20. The Morgan fingerprint density at radius 3 is 2.74 bits per heavy atom. The minimum absolute atomic E-state index is 0.136. The summed E-state index contributed by atoms with van der Waals surface area (Å²) in [7, 11) is 0. The topological polar surface area (TPSA) is 90.0 Å². The number of nitrogens with two attached hydrogens (primary N) is 1. The largest absolute Gasteiger partial charge is 0.489 e. The normalized spacial score (nSPS) is 13.4. The van der Waals surface area contributed by atoms with E-state index in [2.05, 4.69) is 16.2 Å². The minimum atomic E-state index is -0.165. The van der Waals surface area contributed by atoms with Crippen molar-refractivity contribution in [3.8, 4) is 5.75 Å². The molecule has 2 N–H and O–H groups in total. The van der Waals surface area contributed by atoms with Crippen molar-refractivity contribution in [3.63, 3.8) is 0 Å². The third-order valence-electron chi connectivity index (χ3n) is 5.04. The quantitative estimate of drug-likeness (QED) is 0.363. The van der Waals surface area contributed by atoms with Crippen molar-refractivity contribution in [2.75, 3.05) is 18.1 Å². The van der Waals surface area contributed by atoms with Gasteiger partial charge in [0.25, 0.3) is 5.91 Å². The molecule has 1 aliphatic rings. The Bertz CT molecular complexity index is 1050. The first-order valence-electron chi connectivity index (χ1n) is 10.2. The van der Waals surface area contributed by atoms with Crippen LogP contribution in [0.5, 0.6) is 5.75 Å². The van der Waals surface area contributed by atoms with Gasteiger partial charge in [-0.3, -0.25) is 9.78 Å². The molecule has 31 heavy (non-hydrogen) atoms. The smallest absolute Gasteiger partial charge is 0.267 e. The molecule has 0 saturated carbocycles. The van der Waals surface area contributed by atoms with Crippen LogP contribution in [-0.2, 0) is 22.7 Å². The van der Waals surface area contributed by atoms with Gasteiger partial charge in [-0.15, -0.1) is 0 Å². The van der Waals surface area contributed by atoms with E-state index in [9.17, 15) is 4.79 Å². The van der Waals surface area contributed by atoms with Crippen molar-refractivity contribution >= 4 is 17.4 Å². The molecule has 7 nitrogen and oxygen atoms in total. The van der Waals surface area contributed by atoms with E-state index in [-0.39, 0.29) is 18.3 Å². The van der Waals surface area contributed by atoms with E-state index in [1.54, 1.807) is 29.4 Å². The number of hydrogen-bond donors (Lipinski definition) is 1. The van der Waals surface area contributed by atoms with Crippen LogP contribution < -0.4 is 15.4 Å². The highest BCUT2D eigenvalue weighted by molar-refractivity contribution is 5.97. The molecular formula is C24H24N4O3. The average molecular weight is 416 g/mol. The van der Waals surface area contributed by atoms with Gasteiger partial charge in [-0.1, -0.05) is 29.4 Å². The summed E-state index contributed by atoms with van der Waals surface area (Å²) in [6, 6.07) is 19.0. The molecule has 0 saturated heterocycles. The number of hydrogen-bond acceptors (Lipinski definition) is 5. The maximum Gasteiger partial charge on any atom is 0.267 e. The maximum absolute atomic E-state index is 12.6. The number of fused-ring (bicyclic) bond motifs is 1. The lowest BCUT2D eigenvalue weighted by Gasteiger charge is -2.28. The van der Waals surface area contributed by atoms with Crippen molar-refractivity contribution in [2.45, 2.75) is 19.4 Å². The highest BCUT2D eigenvalue weighted by Crippen LogP contribution is 2.26. The summed E-state index contributed by atoms with van der Waals surface area (Å²) >= 11 is 0. The zero-order chi connectivity index (χ0) is 21.5. The van der Waals surface area contributed by atoms with Gasteiger partial charge in [0.15, 0.2) is 12.4 Å². The van der Waals surface area contributed by atoms with E-state index >= 15 is 0 Å². The van der Waals surface area contributed by atoms with Crippen molar-refractivity contribution in [2.24, 2.45) is 10.9 Å². The summed E-state index contributed by atoms with van der Waals surface area (Å²) in [5, 5.41) is 3.91. The Labute approximate surface area is 181 Å². The van der Waals surface area contributed by atoms with Gasteiger partial charge in [0.05, 0.1) is 0 Å². The van der Waals surface area contributed by atoms with Gasteiger partial charge < -0.3 is 20.2 Å². The summed E-state index contributed by atoms with van der Waals surface area (Å²) in [5.41, 5.74) is 9.80. The van der Waals surface area contributed by atoms with E-state index in [1.165, 1.54) is 5.56 Å². The van der Waals surface area contributed by atoms with Crippen molar-refractivity contribution in [1.82, 2.24) is 4.98 Å². The summed E-state index contributed by atoms with van der Waals surface area (Å²) in [4.78, 5) is 23.6. The first-order valence-corrected chi connectivity index (χ1v) is 10.2. The number of benzene rings is 2. The molecule has 0 bridgehead atoms. The number of nitrogens with zero attached hydrogens (tertiary/aromatic N) is 3. The Morgan fingerprint density at radius 2 is 1.94 bits per heavy atom. The predicted octanol–water partition coefficient (Wildman–Crippen LogP) is 3.28. The first-order chi connectivity index (χ1) is 15.2. The predicted molar refractivity (Wildman–Crippen MR) is 119 cm³/mol. The first kappa shape index (κ1) is 20.4. The van der Waals surface area contributed by atoms with E-state index in [0.29, 0.717) is 24.5 Å². The van der Waals surface area contributed by atoms with Crippen molar-refractivity contribution in [1.29, 1.82) is 0 Å². The Balaban J connectivity index is 1.30. The van der Waals surface area contributed by atoms with Gasteiger partial charge in [0.1, 0.15) is 12.4 Å². The van der Waals surface area contributed by atoms with Gasteiger partial charge in [0, 0.05) is 35.8 Å². The Morgan fingerprint density at radius 1 is 1.10 bits per heavy atom. The van der Waals surface area contributed by atoms with Gasteiger partial charge in [0.2, 0.25) is 0 Å². The fraction of sp³-hybridized carbons (Fsp3) is 0.208. The molecule has 0 unspecified atom stereocenters. The summed E-state index contributed by atoms with van der Waals surface area (Å²) in [6.45, 7) is 0.946. The number of anilines is 1. The third kappa shape index (κ3) is 5.19.